The first-order chi connectivity index (χ1) is 9.86. The van der Waals surface area contributed by atoms with Gasteiger partial charge in [-0.25, -0.2) is 0 Å². The lowest BCUT2D eigenvalue weighted by atomic mass is 10.1. The van der Waals surface area contributed by atoms with Crippen molar-refractivity contribution in [3.63, 3.8) is 0 Å². The number of hydrogen-bond acceptors (Lipinski definition) is 2. The zero-order valence-electron chi connectivity index (χ0n) is 14.4. The molecule has 1 aromatic rings. The van der Waals surface area contributed by atoms with E-state index in [-0.39, 0.29) is 11.9 Å². The molecule has 118 valence electrons. The molecule has 0 heterocycles. The van der Waals surface area contributed by atoms with Crippen LogP contribution in [-0.2, 0) is 0 Å². The highest BCUT2D eigenvalue weighted by Gasteiger charge is 2.22. The highest BCUT2D eigenvalue weighted by Crippen LogP contribution is 2.21. The molecule has 1 amide bonds. The first-order valence-corrected chi connectivity index (χ1v) is 8.02. The zero-order valence-corrected chi connectivity index (χ0v) is 14.4. The molecule has 0 fully saturated rings. The molecule has 0 aliphatic rings. The molecule has 0 bridgehead atoms. The Morgan fingerprint density at radius 2 is 1.90 bits per heavy atom. The lowest BCUT2D eigenvalue weighted by molar-refractivity contribution is 0.0683. The number of aryl methyl sites for hydroxylation is 1. The van der Waals surface area contributed by atoms with Gasteiger partial charge in [-0.2, -0.15) is 0 Å². The standard InChI is InChI=1S/C18H30N2O/c1-7-10-19-17-11-15(6)8-9-16(17)18(21)20(14(4)5)12-13(2)3/h8-9,11,13-14,19H,7,10,12H2,1-6H3. The minimum absolute atomic E-state index is 0.123. The molecule has 3 heteroatoms. The van der Waals surface area contributed by atoms with Crippen molar-refractivity contribution < 1.29 is 4.79 Å². The fourth-order valence-electron chi connectivity index (χ4n) is 2.33. The van der Waals surface area contributed by atoms with Gasteiger partial charge in [0.1, 0.15) is 0 Å². The van der Waals surface area contributed by atoms with Crippen LogP contribution >= 0.6 is 0 Å². The van der Waals surface area contributed by atoms with Crippen LogP contribution in [0.1, 0.15) is 57.0 Å². The number of anilines is 1. The van der Waals surface area contributed by atoms with Gasteiger partial charge in [-0.3, -0.25) is 4.79 Å². The van der Waals surface area contributed by atoms with Gasteiger partial charge in [0.15, 0.2) is 0 Å². The summed E-state index contributed by atoms with van der Waals surface area (Å²) in [5.74, 6) is 0.589. The first kappa shape index (κ1) is 17.5. The summed E-state index contributed by atoms with van der Waals surface area (Å²) >= 11 is 0. The normalized spacial score (nSPS) is 11.0. The van der Waals surface area contributed by atoms with Crippen molar-refractivity contribution >= 4 is 11.6 Å². The minimum Gasteiger partial charge on any atom is -0.384 e. The van der Waals surface area contributed by atoms with Crippen LogP contribution in [0.4, 0.5) is 5.69 Å². The maximum atomic E-state index is 12.9. The summed E-state index contributed by atoms with van der Waals surface area (Å²) in [5, 5.41) is 3.38. The van der Waals surface area contributed by atoms with Crippen molar-refractivity contribution in [1.29, 1.82) is 0 Å². The van der Waals surface area contributed by atoms with Crippen molar-refractivity contribution in [3.8, 4) is 0 Å². The number of carbonyl (C=O) groups excluding carboxylic acids is 1. The van der Waals surface area contributed by atoms with E-state index in [9.17, 15) is 4.79 Å². The number of amides is 1. The van der Waals surface area contributed by atoms with Crippen LogP contribution in [-0.4, -0.2) is 29.9 Å². The van der Waals surface area contributed by atoms with E-state index in [4.69, 9.17) is 0 Å². The summed E-state index contributed by atoms with van der Waals surface area (Å²) in [5.41, 5.74) is 2.91. The van der Waals surface area contributed by atoms with Crippen LogP contribution in [0.2, 0.25) is 0 Å². The van der Waals surface area contributed by atoms with E-state index in [1.165, 1.54) is 5.56 Å². The van der Waals surface area contributed by atoms with Gasteiger partial charge in [-0.15, -0.1) is 0 Å². The van der Waals surface area contributed by atoms with E-state index < -0.39 is 0 Å². The summed E-state index contributed by atoms with van der Waals surface area (Å²) in [4.78, 5) is 14.9. The molecule has 0 aromatic heterocycles. The molecule has 0 unspecified atom stereocenters. The van der Waals surface area contributed by atoms with Gasteiger partial charge in [0.05, 0.1) is 5.56 Å². The van der Waals surface area contributed by atoms with Gasteiger partial charge in [0.2, 0.25) is 0 Å². The monoisotopic (exact) mass is 290 g/mol. The Hall–Kier alpha value is -1.51. The average molecular weight is 290 g/mol. The smallest absolute Gasteiger partial charge is 0.256 e. The molecule has 1 rings (SSSR count). The second-order valence-corrected chi connectivity index (χ2v) is 6.42. The molecule has 3 nitrogen and oxygen atoms in total. The molecule has 0 saturated carbocycles. The average Bonchev–Trinajstić information content (AvgIpc) is 2.41. The zero-order chi connectivity index (χ0) is 16.0. The predicted octanol–water partition coefficient (Wildman–Crippen LogP) is 4.32. The lowest BCUT2D eigenvalue weighted by Gasteiger charge is -2.29. The molecule has 0 aliphatic carbocycles. The van der Waals surface area contributed by atoms with E-state index in [1.54, 1.807) is 0 Å². The quantitative estimate of drug-likeness (QED) is 0.811. The highest BCUT2D eigenvalue weighted by atomic mass is 16.2. The molecule has 0 aliphatic heterocycles. The Kier molecular flexibility index (Phi) is 6.73. The SMILES string of the molecule is CCCNc1cc(C)ccc1C(=O)N(CC(C)C)C(C)C. The molecule has 0 radical (unpaired) electrons. The Morgan fingerprint density at radius 1 is 1.24 bits per heavy atom. The molecule has 0 spiro atoms. The maximum absolute atomic E-state index is 12.9. The van der Waals surface area contributed by atoms with Crippen molar-refractivity contribution in [2.75, 3.05) is 18.4 Å². The number of nitrogens with zero attached hydrogens (tertiary/aromatic N) is 1. The van der Waals surface area contributed by atoms with Gasteiger partial charge < -0.3 is 10.2 Å². The third-order valence-corrected chi connectivity index (χ3v) is 3.42. The van der Waals surface area contributed by atoms with E-state index >= 15 is 0 Å². The van der Waals surface area contributed by atoms with E-state index in [2.05, 4.69) is 52.9 Å². The lowest BCUT2D eigenvalue weighted by Crippen LogP contribution is -2.39. The van der Waals surface area contributed by atoms with Crippen LogP contribution in [0.5, 0.6) is 0 Å². The number of nitrogens with one attached hydrogen (secondary N) is 1. The number of benzene rings is 1. The third-order valence-electron chi connectivity index (χ3n) is 3.42. The topological polar surface area (TPSA) is 32.3 Å². The molecule has 0 atom stereocenters. The fraction of sp³-hybridized carbons (Fsp3) is 0.611. The maximum Gasteiger partial charge on any atom is 0.256 e. The van der Waals surface area contributed by atoms with Gasteiger partial charge >= 0.3 is 0 Å². The fourth-order valence-corrected chi connectivity index (χ4v) is 2.33. The number of hydrogen-bond donors (Lipinski definition) is 1. The molecular formula is C18H30N2O. The third kappa shape index (κ3) is 5.07. The van der Waals surface area contributed by atoms with Crippen LogP contribution in [0.25, 0.3) is 0 Å². The second kappa shape index (κ2) is 8.06. The highest BCUT2D eigenvalue weighted by molar-refractivity contribution is 6.00. The van der Waals surface area contributed by atoms with Crippen LogP contribution in [0.15, 0.2) is 18.2 Å². The molecule has 1 N–H and O–H groups in total. The number of rotatable bonds is 7. The Balaban J connectivity index is 3.08. The largest absolute Gasteiger partial charge is 0.384 e. The van der Waals surface area contributed by atoms with Gasteiger partial charge in [-0.05, 0) is 50.8 Å². The summed E-state index contributed by atoms with van der Waals surface area (Å²) in [6.07, 6.45) is 1.04. The first-order valence-electron chi connectivity index (χ1n) is 8.02. The van der Waals surface area contributed by atoms with Crippen LogP contribution < -0.4 is 5.32 Å². The van der Waals surface area contributed by atoms with E-state index in [0.29, 0.717) is 5.92 Å². The Bertz CT molecular complexity index is 466. The predicted molar refractivity (Wildman–Crippen MR) is 91.0 cm³/mol. The Morgan fingerprint density at radius 3 is 2.43 bits per heavy atom. The van der Waals surface area contributed by atoms with E-state index in [1.807, 2.05) is 17.0 Å². The molecular weight excluding hydrogens is 260 g/mol. The molecule has 1 aromatic carbocycles. The summed E-state index contributed by atoms with van der Waals surface area (Å²) in [6, 6.07) is 6.24. The van der Waals surface area contributed by atoms with Gasteiger partial charge in [0.25, 0.3) is 5.91 Å². The van der Waals surface area contributed by atoms with Crippen molar-refractivity contribution in [2.45, 2.75) is 54.0 Å². The van der Waals surface area contributed by atoms with Gasteiger partial charge in [-0.1, -0.05) is 26.8 Å². The van der Waals surface area contributed by atoms with Crippen molar-refractivity contribution in [2.24, 2.45) is 5.92 Å². The Labute approximate surface area is 129 Å². The summed E-state index contributed by atoms with van der Waals surface area (Å²) in [7, 11) is 0. The second-order valence-electron chi connectivity index (χ2n) is 6.42. The van der Waals surface area contributed by atoms with Crippen molar-refractivity contribution in [3.05, 3.63) is 29.3 Å². The van der Waals surface area contributed by atoms with Crippen LogP contribution in [0.3, 0.4) is 0 Å². The summed E-state index contributed by atoms with van der Waals surface area (Å²) < 4.78 is 0. The molecule has 21 heavy (non-hydrogen) atoms. The summed E-state index contributed by atoms with van der Waals surface area (Å²) in [6.45, 7) is 14.3. The van der Waals surface area contributed by atoms with Gasteiger partial charge in [0, 0.05) is 24.8 Å². The van der Waals surface area contributed by atoms with Crippen LogP contribution in [0, 0.1) is 12.8 Å². The van der Waals surface area contributed by atoms with Crippen molar-refractivity contribution in [1.82, 2.24) is 4.90 Å². The molecule has 0 saturated heterocycles. The number of carbonyl (C=O) groups is 1. The minimum atomic E-state index is 0.123. The van der Waals surface area contributed by atoms with E-state index in [0.717, 1.165) is 30.8 Å².